The fourth-order valence-electron chi connectivity index (χ4n) is 2.14. The number of halogens is 2. The number of hydrogen-bond donors (Lipinski definition) is 0. The summed E-state index contributed by atoms with van der Waals surface area (Å²) in [7, 11) is 1.57. The van der Waals surface area contributed by atoms with Crippen LogP contribution >= 0.6 is 23.2 Å². The highest BCUT2D eigenvalue weighted by Crippen LogP contribution is 2.36. The van der Waals surface area contributed by atoms with Crippen molar-refractivity contribution >= 4 is 34.8 Å². The Morgan fingerprint density at radius 3 is 2.78 bits per heavy atom. The Hall–Kier alpha value is -0.930. The summed E-state index contributed by atoms with van der Waals surface area (Å²) in [5.74, 6) is 1.41. The number of rotatable bonds is 3. The van der Waals surface area contributed by atoms with Crippen molar-refractivity contribution in [2.45, 2.75) is 13.3 Å². The van der Waals surface area contributed by atoms with Gasteiger partial charge in [-0.2, -0.15) is 0 Å². The van der Waals surface area contributed by atoms with Crippen LogP contribution in [0.25, 0.3) is 0 Å². The van der Waals surface area contributed by atoms with E-state index in [2.05, 4.69) is 0 Å². The van der Waals surface area contributed by atoms with Crippen molar-refractivity contribution in [2.24, 2.45) is 5.92 Å². The van der Waals surface area contributed by atoms with E-state index in [1.807, 2.05) is 13.0 Å². The number of benzene rings is 1. The van der Waals surface area contributed by atoms with Gasteiger partial charge in [0, 0.05) is 29.9 Å². The summed E-state index contributed by atoms with van der Waals surface area (Å²) in [6.07, 6.45) is 0.494. The molecule has 1 atom stereocenters. The van der Waals surface area contributed by atoms with E-state index in [-0.39, 0.29) is 11.8 Å². The summed E-state index contributed by atoms with van der Waals surface area (Å²) in [4.78, 5) is 13.7. The largest absolute Gasteiger partial charge is 0.495 e. The first-order valence-corrected chi connectivity index (χ1v) is 6.68. The summed E-state index contributed by atoms with van der Waals surface area (Å²) in [6, 6.07) is 3.63. The van der Waals surface area contributed by atoms with Crippen LogP contribution in [0.4, 0.5) is 5.69 Å². The van der Waals surface area contributed by atoms with Crippen LogP contribution in [0, 0.1) is 12.8 Å². The van der Waals surface area contributed by atoms with Crippen LogP contribution in [0.15, 0.2) is 12.1 Å². The van der Waals surface area contributed by atoms with E-state index in [9.17, 15) is 4.79 Å². The fourth-order valence-corrected chi connectivity index (χ4v) is 2.50. The van der Waals surface area contributed by atoms with Gasteiger partial charge in [-0.25, -0.2) is 0 Å². The Morgan fingerprint density at radius 1 is 1.50 bits per heavy atom. The van der Waals surface area contributed by atoms with E-state index < -0.39 is 0 Å². The van der Waals surface area contributed by atoms with Crippen LogP contribution in [0.5, 0.6) is 5.75 Å². The Balaban J connectivity index is 2.38. The Kier molecular flexibility index (Phi) is 4.03. The van der Waals surface area contributed by atoms with Crippen molar-refractivity contribution in [3.63, 3.8) is 0 Å². The third-order valence-corrected chi connectivity index (χ3v) is 4.02. The molecular formula is C13H15Cl2NO2. The molecular weight excluding hydrogens is 273 g/mol. The number of carbonyl (C=O) groups is 1. The molecule has 1 amide bonds. The number of alkyl halides is 1. The minimum absolute atomic E-state index is 0.0840. The quantitative estimate of drug-likeness (QED) is 0.799. The predicted molar refractivity (Wildman–Crippen MR) is 73.9 cm³/mol. The molecule has 18 heavy (non-hydrogen) atoms. The number of ether oxygens (including phenoxy) is 1. The summed E-state index contributed by atoms with van der Waals surface area (Å²) < 4.78 is 5.30. The number of anilines is 1. The molecule has 0 radical (unpaired) electrons. The third kappa shape index (κ3) is 2.43. The average Bonchev–Trinajstić information content (AvgIpc) is 2.73. The molecule has 3 nitrogen and oxygen atoms in total. The van der Waals surface area contributed by atoms with Crippen molar-refractivity contribution < 1.29 is 9.53 Å². The molecule has 1 aromatic carbocycles. The van der Waals surface area contributed by atoms with Gasteiger partial charge in [0.05, 0.1) is 12.8 Å². The van der Waals surface area contributed by atoms with Crippen LogP contribution in [-0.2, 0) is 4.79 Å². The summed E-state index contributed by atoms with van der Waals surface area (Å²) in [5.41, 5.74) is 1.70. The summed E-state index contributed by atoms with van der Waals surface area (Å²) in [6.45, 7) is 2.55. The number of methoxy groups -OCH3 is 1. The molecule has 1 heterocycles. The lowest BCUT2D eigenvalue weighted by Gasteiger charge is -2.20. The molecule has 1 saturated heterocycles. The number of hydrogen-bond acceptors (Lipinski definition) is 2. The average molecular weight is 288 g/mol. The zero-order chi connectivity index (χ0) is 13.3. The summed E-state index contributed by atoms with van der Waals surface area (Å²) in [5, 5.41) is 0.635. The number of carbonyl (C=O) groups excluding carboxylic acids is 1. The maximum atomic E-state index is 12.0. The minimum Gasteiger partial charge on any atom is -0.495 e. The normalized spacial score (nSPS) is 19.4. The van der Waals surface area contributed by atoms with E-state index in [4.69, 9.17) is 27.9 Å². The van der Waals surface area contributed by atoms with Crippen molar-refractivity contribution in [3.05, 3.63) is 22.7 Å². The van der Waals surface area contributed by atoms with Gasteiger partial charge >= 0.3 is 0 Å². The third-order valence-electron chi connectivity index (χ3n) is 3.17. The second-order valence-electron chi connectivity index (χ2n) is 4.50. The van der Waals surface area contributed by atoms with Gasteiger partial charge in [0.25, 0.3) is 0 Å². The molecule has 0 spiro atoms. The van der Waals surface area contributed by atoms with E-state index in [0.29, 0.717) is 29.6 Å². The zero-order valence-corrected chi connectivity index (χ0v) is 11.9. The number of amides is 1. The Labute approximate surface area is 117 Å². The second kappa shape index (κ2) is 5.37. The van der Waals surface area contributed by atoms with Crippen LogP contribution in [0.1, 0.15) is 12.0 Å². The van der Waals surface area contributed by atoms with Gasteiger partial charge in [-0.15, -0.1) is 11.6 Å². The molecule has 1 unspecified atom stereocenters. The molecule has 5 heteroatoms. The van der Waals surface area contributed by atoms with Crippen LogP contribution < -0.4 is 9.64 Å². The lowest BCUT2D eigenvalue weighted by molar-refractivity contribution is -0.117. The van der Waals surface area contributed by atoms with Gasteiger partial charge in [0.15, 0.2) is 0 Å². The van der Waals surface area contributed by atoms with Crippen molar-refractivity contribution in [1.82, 2.24) is 0 Å². The Morgan fingerprint density at radius 2 is 2.22 bits per heavy atom. The monoisotopic (exact) mass is 287 g/mol. The standard InChI is InChI=1S/C13H15Cl2NO2/c1-8-3-11(12(18-2)5-10(8)15)16-7-9(6-14)4-13(16)17/h3,5,9H,4,6-7H2,1-2H3. The highest BCUT2D eigenvalue weighted by molar-refractivity contribution is 6.31. The van der Waals surface area contributed by atoms with E-state index in [1.54, 1.807) is 18.1 Å². The van der Waals surface area contributed by atoms with Crippen LogP contribution in [-0.4, -0.2) is 25.4 Å². The maximum absolute atomic E-state index is 12.0. The Bertz CT molecular complexity index is 476. The SMILES string of the molecule is COc1cc(Cl)c(C)cc1N1CC(CCl)CC1=O. The van der Waals surface area contributed by atoms with Gasteiger partial charge < -0.3 is 9.64 Å². The van der Waals surface area contributed by atoms with Gasteiger partial charge in [0.2, 0.25) is 5.91 Å². The number of aryl methyl sites for hydroxylation is 1. The molecule has 1 fully saturated rings. The smallest absolute Gasteiger partial charge is 0.227 e. The molecule has 0 aliphatic carbocycles. The second-order valence-corrected chi connectivity index (χ2v) is 5.22. The van der Waals surface area contributed by atoms with Crippen LogP contribution in [0.3, 0.4) is 0 Å². The first kappa shape index (κ1) is 13.5. The molecule has 0 N–H and O–H groups in total. The van der Waals surface area contributed by atoms with E-state index >= 15 is 0 Å². The van der Waals surface area contributed by atoms with Crippen molar-refractivity contribution in [2.75, 3.05) is 24.4 Å². The van der Waals surface area contributed by atoms with Gasteiger partial charge in [0.1, 0.15) is 5.75 Å². The molecule has 1 aliphatic rings. The molecule has 0 saturated carbocycles. The zero-order valence-electron chi connectivity index (χ0n) is 10.4. The minimum atomic E-state index is 0.0840. The first-order valence-electron chi connectivity index (χ1n) is 5.77. The lowest BCUT2D eigenvalue weighted by Crippen LogP contribution is -2.25. The van der Waals surface area contributed by atoms with Gasteiger partial charge in [-0.1, -0.05) is 11.6 Å². The fraction of sp³-hybridized carbons (Fsp3) is 0.462. The molecule has 0 aromatic heterocycles. The predicted octanol–water partition coefficient (Wildman–Crippen LogP) is 3.25. The molecule has 0 bridgehead atoms. The van der Waals surface area contributed by atoms with Crippen molar-refractivity contribution in [1.29, 1.82) is 0 Å². The molecule has 98 valence electrons. The number of nitrogens with zero attached hydrogens (tertiary/aromatic N) is 1. The molecule has 2 rings (SSSR count). The van der Waals surface area contributed by atoms with Gasteiger partial charge in [-0.3, -0.25) is 4.79 Å². The highest BCUT2D eigenvalue weighted by Gasteiger charge is 2.31. The summed E-state index contributed by atoms with van der Waals surface area (Å²) >= 11 is 11.9. The molecule has 1 aliphatic heterocycles. The molecule has 1 aromatic rings. The maximum Gasteiger partial charge on any atom is 0.227 e. The van der Waals surface area contributed by atoms with Gasteiger partial charge in [-0.05, 0) is 24.5 Å². The topological polar surface area (TPSA) is 29.5 Å². The van der Waals surface area contributed by atoms with E-state index in [1.165, 1.54) is 0 Å². The van der Waals surface area contributed by atoms with Crippen molar-refractivity contribution in [3.8, 4) is 5.75 Å². The first-order chi connectivity index (χ1) is 8.56. The van der Waals surface area contributed by atoms with E-state index in [0.717, 1.165) is 11.3 Å². The lowest BCUT2D eigenvalue weighted by atomic mass is 10.1. The highest BCUT2D eigenvalue weighted by atomic mass is 35.5. The van der Waals surface area contributed by atoms with Crippen LogP contribution in [0.2, 0.25) is 5.02 Å².